The van der Waals surface area contributed by atoms with Gasteiger partial charge >= 0.3 is 0 Å². The Morgan fingerprint density at radius 3 is 2.44 bits per heavy atom. The highest BCUT2D eigenvalue weighted by molar-refractivity contribution is 14.1. The summed E-state index contributed by atoms with van der Waals surface area (Å²) < 4.78 is 14.6. The summed E-state index contributed by atoms with van der Waals surface area (Å²) in [7, 11) is 0. The lowest BCUT2D eigenvalue weighted by Gasteiger charge is -2.06. The SMILES string of the molecule is Fc1ccc(Nc2ncc(I)cn2)c(I)c1. The van der Waals surface area contributed by atoms with Crippen LogP contribution >= 0.6 is 45.2 Å². The van der Waals surface area contributed by atoms with E-state index in [4.69, 9.17) is 0 Å². The Balaban J connectivity index is 2.23. The van der Waals surface area contributed by atoms with Gasteiger partial charge < -0.3 is 5.32 Å². The molecule has 1 heterocycles. The highest BCUT2D eigenvalue weighted by atomic mass is 127. The molecular weight excluding hydrogens is 435 g/mol. The summed E-state index contributed by atoms with van der Waals surface area (Å²) in [5.41, 5.74) is 0.795. The number of aromatic nitrogens is 2. The van der Waals surface area contributed by atoms with Crippen molar-refractivity contribution < 1.29 is 4.39 Å². The van der Waals surface area contributed by atoms with Crippen LogP contribution < -0.4 is 5.32 Å². The van der Waals surface area contributed by atoms with Gasteiger partial charge in [0, 0.05) is 19.5 Å². The Kier molecular flexibility index (Phi) is 3.90. The third-order valence-electron chi connectivity index (χ3n) is 1.80. The first-order valence-corrected chi connectivity index (χ1v) is 6.50. The molecule has 1 N–H and O–H groups in total. The fourth-order valence-corrected chi connectivity index (χ4v) is 1.98. The zero-order valence-corrected chi connectivity index (χ0v) is 12.2. The van der Waals surface area contributed by atoms with E-state index in [0.29, 0.717) is 5.95 Å². The van der Waals surface area contributed by atoms with Crippen molar-refractivity contribution in [2.24, 2.45) is 0 Å². The maximum atomic E-state index is 12.9. The maximum absolute atomic E-state index is 12.9. The van der Waals surface area contributed by atoms with Gasteiger partial charge in [-0.2, -0.15) is 0 Å². The van der Waals surface area contributed by atoms with Crippen LogP contribution in [0.1, 0.15) is 0 Å². The molecule has 0 saturated heterocycles. The van der Waals surface area contributed by atoms with Crippen LogP contribution in [0, 0.1) is 13.0 Å². The molecule has 0 aliphatic heterocycles. The first-order valence-electron chi connectivity index (χ1n) is 4.35. The van der Waals surface area contributed by atoms with E-state index in [0.717, 1.165) is 12.8 Å². The minimum Gasteiger partial charge on any atom is -0.323 e. The van der Waals surface area contributed by atoms with Gasteiger partial charge in [-0.1, -0.05) is 0 Å². The molecule has 1 aromatic heterocycles. The molecule has 0 amide bonds. The number of nitrogens with zero attached hydrogens (tertiary/aromatic N) is 2. The lowest BCUT2D eigenvalue weighted by Crippen LogP contribution is -1.98. The quantitative estimate of drug-likeness (QED) is 0.725. The number of hydrogen-bond acceptors (Lipinski definition) is 3. The molecule has 0 bridgehead atoms. The third kappa shape index (κ3) is 3.00. The zero-order chi connectivity index (χ0) is 11.5. The van der Waals surface area contributed by atoms with Gasteiger partial charge in [-0.05, 0) is 63.4 Å². The molecule has 1 aromatic carbocycles. The average molecular weight is 441 g/mol. The second kappa shape index (κ2) is 5.21. The summed E-state index contributed by atoms with van der Waals surface area (Å²) in [6.07, 6.45) is 3.43. The van der Waals surface area contributed by atoms with Crippen LogP contribution in [0.3, 0.4) is 0 Å². The van der Waals surface area contributed by atoms with Crippen LogP contribution in [0.5, 0.6) is 0 Å². The van der Waals surface area contributed by atoms with Crippen molar-refractivity contribution in [3.05, 3.63) is 43.6 Å². The average Bonchev–Trinajstić information content (AvgIpc) is 2.25. The summed E-state index contributed by atoms with van der Waals surface area (Å²) in [6, 6.07) is 4.52. The summed E-state index contributed by atoms with van der Waals surface area (Å²) in [4.78, 5) is 8.22. The lowest BCUT2D eigenvalue weighted by molar-refractivity contribution is 0.627. The molecule has 3 nitrogen and oxygen atoms in total. The minimum absolute atomic E-state index is 0.251. The van der Waals surface area contributed by atoms with Crippen molar-refractivity contribution in [2.45, 2.75) is 0 Å². The molecule has 0 spiro atoms. The van der Waals surface area contributed by atoms with Gasteiger partial charge in [0.2, 0.25) is 5.95 Å². The van der Waals surface area contributed by atoms with E-state index in [1.54, 1.807) is 18.5 Å². The normalized spacial score (nSPS) is 10.2. The predicted molar refractivity (Wildman–Crippen MR) is 77.1 cm³/mol. The summed E-state index contributed by atoms with van der Waals surface area (Å²) >= 11 is 4.19. The standard InChI is InChI=1S/C10H6FI2N3/c11-6-1-2-9(8(13)3-6)16-10-14-4-7(12)5-15-10/h1-5H,(H,14,15,16). The summed E-state index contributed by atoms with van der Waals surface area (Å²) in [6.45, 7) is 0. The molecule has 82 valence electrons. The van der Waals surface area contributed by atoms with Crippen molar-refractivity contribution in [2.75, 3.05) is 5.32 Å². The molecule has 0 saturated carbocycles. The Bertz CT molecular complexity index is 502. The van der Waals surface area contributed by atoms with Crippen LogP contribution in [0.25, 0.3) is 0 Å². The van der Waals surface area contributed by atoms with E-state index in [1.807, 2.05) is 0 Å². The second-order valence-corrected chi connectivity index (χ2v) is 5.38. The fourth-order valence-electron chi connectivity index (χ4n) is 1.09. The van der Waals surface area contributed by atoms with E-state index < -0.39 is 0 Å². The van der Waals surface area contributed by atoms with Crippen molar-refractivity contribution in [3.8, 4) is 0 Å². The Hall–Kier alpha value is -0.510. The molecule has 0 aliphatic carbocycles. The van der Waals surface area contributed by atoms with Crippen LogP contribution in [0.15, 0.2) is 30.6 Å². The smallest absolute Gasteiger partial charge is 0.227 e. The van der Waals surface area contributed by atoms with Crippen LogP contribution in [-0.4, -0.2) is 9.97 Å². The molecule has 0 unspecified atom stereocenters. The number of hydrogen-bond donors (Lipinski definition) is 1. The van der Waals surface area contributed by atoms with E-state index in [2.05, 4.69) is 60.5 Å². The first kappa shape index (κ1) is 12.0. The maximum Gasteiger partial charge on any atom is 0.227 e. The Morgan fingerprint density at radius 1 is 1.12 bits per heavy atom. The van der Waals surface area contributed by atoms with E-state index >= 15 is 0 Å². The topological polar surface area (TPSA) is 37.8 Å². The molecule has 2 aromatic rings. The van der Waals surface area contributed by atoms with E-state index in [1.165, 1.54) is 12.1 Å². The van der Waals surface area contributed by atoms with Gasteiger partial charge in [-0.25, -0.2) is 14.4 Å². The van der Waals surface area contributed by atoms with Gasteiger partial charge in [0.1, 0.15) is 5.82 Å². The molecule has 0 fully saturated rings. The summed E-state index contributed by atoms with van der Waals surface area (Å²) in [5, 5.41) is 3.03. The molecule has 0 atom stereocenters. The van der Waals surface area contributed by atoms with Crippen LogP contribution in [0.2, 0.25) is 0 Å². The first-order chi connectivity index (χ1) is 7.65. The fraction of sp³-hybridized carbons (Fsp3) is 0. The lowest BCUT2D eigenvalue weighted by atomic mass is 10.3. The highest BCUT2D eigenvalue weighted by Gasteiger charge is 2.03. The molecule has 0 radical (unpaired) electrons. The molecule has 0 aliphatic rings. The van der Waals surface area contributed by atoms with Crippen LogP contribution in [0.4, 0.5) is 16.0 Å². The van der Waals surface area contributed by atoms with Gasteiger partial charge in [0.05, 0.1) is 5.69 Å². The van der Waals surface area contributed by atoms with Gasteiger partial charge in [-0.3, -0.25) is 0 Å². The number of nitrogens with one attached hydrogen (secondary N) is 1. The monoisotopic (exact) mass is 441 g/mol. The summed E-state index contributed by atoms with van der Waals surface area (Å²) in [5.74, 6) is 0.253. The van der Waals surface area contributed by atoms with Crippen molar-refractivity contribution >= 4 is 56.8 Å². The van der Waals surface area contributed by atoms with Crippen LogP contribution in [-0.2, 0) is 0 Å². The van der Waals surface area contributed by atoms with Crippen molar-refractivity contribution in [1.82, 2.24) is 9.97 Å². The molecule has 6 heteroatoms. The molecule has 16 heavy (non-hydrogen) atoms. The van der Waals surface area contributed by atoms with Gasteiger partial charge in [-0.15, -0.1) is 0 Å². The number of rotatable bonds is 2. The van der Waals surface area contributed by atoms with E-state index in [9.17, 15) is 4.39 Å². The Labute approximate surface area is 119 Å². The highest BCUT2D eigenvalue weighted by Crippen LogP contribution is 2.21. The number of anilines is 2. The van der Waals surface area contributed by atoms with Crippen molar-refractivity contribution in [3.63, 3.8) is 0 Å². The third-order valence-corrected chi connectivity index (χ3v) is 3.25. The second-order valence-electron chi connectivity index (χ2n) is 2.97. The predicted octanol–water partition coefficient (Wildman–Crippen LogP) is 3.57. The molecular formula is C10H6FI2N3. The largest absolute Gasteiger partial charge is 0.323 e. The Morgan fingerprint density at radius 2 is 1.81 bits per heavy atom. The number of benzene rings is 1. The molecule has 2 rings (SSSR count). The van der Waals surface area contributed by atoms with Gasteiger partial charge in [0.15, 0.2) is 0 Å². The van der Waals surface area contributed by atoms with Crippen molar-refractivity contribution in [1.29, 1.82) is 0 Å². The van der Waals surface area contributed by atoms with Gasteiger partial charge in [0.25, 0.3) is 0 Å². The van der Waals surface area contributed by atoms with E-state index in [-0.39, 0.29) is 5.82 Å². The minimum atomic E-state index is -0.251. The number of halogens is 3. The zero-order valence-electron chi connectivity index (χ0n) is 7.92.